The zero-order valence-corrected chi connectivity index (χ0v) is 12.0. The average Bonchev–Trinajstić information content (AvgIpc) is 2.27. The fraction of sp³-hybridized carbons (Fsp3) is 0.455. The number of carbonyl (C=O) groups is 1. The molecule has 0 N–H and O–H groups in total. The molecule has 18 heavy (non-hydrogen) atoms. The van der Waals surface area contributed by atoms with Crippen molar-refractivity contribution in [1.29, 1.82) is 0 Å². The number of hydrogen-bond acceptors (Lipinski definition) is 4. The Bertz CT molecular complexity index is 441. The first-order valence-corrected chi connectivity index (χ1v) is 6.24. The Labute approximate surface area is 117 Å². The zero-order chi connectivity index (χ0) is 13.7. The molecule has 7 heteroatoms. The monoisotopic (exact) mass is 371 g/mol. The maximum absolute atomic E-state index is 13.0. The van der Waals surface area contributed by atoms with Gasteiger partial charge in [-0.15, -0.1) is 0 Å². The van der Waals surface area contributed by atoms with E-state index in [1.54, 1.807) is 6.92 Å². The summed E-state index contributed by atoms with van der Waals surface area (Å²) in [6.45, 7) is 1.85. The smallest absolute Gasteiger partial charge is 0.311 e. The molecule has 1 heterocycles. The first-order valence-electron chi connectivity index (χ1n) is 5.16. The summed E-state index contributed by atoms with van der Waals surface area (Å²) in [6.07, 6.45) is -3.05. The molecule has 0 spiro atoms. The number of halogens is 3. The van der Waals surface area contributed by atoms with E-state index in [1.807, 2.05) is 22.6 Å². The SMILES string of the molecule is CCOC(=O)Cc1nc(I)cc(OC)c1C(F)F. The van der Waals surface area contributed by atoms with Crippen LogP contribution in [-0.4, -0.2) is 24.7 Å². The zero-order valence-electron chi connectivity index (χ0n) is 9.87. The maximum Gasteiger partial charge on any atom is 0.311 e. The molecule has 0 atom stereocenters. The molecule has 0 saturated carbocycles. The fourth-order valence-electron chi connectivity index (χ4n) is 1.44. The lowest BCUT2D eigenvalue weighted by atomic mass is 10.1. The van der Waals surface area contributed by atoms with Gasteiger partial charge in [0.25, 0.3) is 6.43 Å². The number of carbonyl (C=O) groups excluding carboxylic acids is 1. The average molecular weight is 371 g/mol. The molecule has 0 amide bonds. The van der Waals surface area contributed by atoms with Crippen LogP contribution in [-0.2, 0) is 16.0 Å². The third-order valence-corrected chi connectivity index (χ3v) is 2.68. The second-order valence-corrected chi connectivity index (χ2v) is 4.40. The fourth-order valence-corrected chi connectivity index (χ4v) is 2.01. The van der Waals surface area contributed by atoms with E-state index in [-0.39, 0.29) is 30.0 Å². The lowest BCUT2D eigenvalue weighted by Crippen LogP contribution is -2.12. The molecule has 0 aliphatic carbocycles. The number of pyridine rings is 1. The molecule has 0 fully saturated rings. The van der Waals surface area contributed by atoms with Crippen molar-refractivity contribution in [2.75, 3.05) is 13.7 Å². The normalized spacial score (nSPS) is 10.6. The van der Waals surface area contributed by atoms with Gasteiger partial charge in [-0.05, 0) is 29.5 Å². The standard InChI is InChI=1S/C11H12F2INO3/c1-3-18-9(16)4-6-10(11(12)13)7(17-2)5-8(14)15-6/h5,11H,3-4H2,1-2H3. The molecule has 100 valence electrons. The Morgan fingerprint density at radius 1 is 1.56 bits per heavy atom. The van der Waals surface area contributed by atoms with Crippen LogP contribution >= 0.6 is 22.6 Å². The Hall–Kier alpha value is -0.990. The van der Waals surface area contributed by atoms with E-state index in [0.717, 1.165) is 0 Å². The van der Waals surface area contributed by atoms with Crippen molar-refractivity contribution < 1.29 is 23.0 Å². The summed E-state index contributed by atoms with van der Waals surface area (Å²) < 4.78 is 36.0. The van der Waals surface area contributed by atoms with Gasteiger partial charge in [0.05, 0.1) is 31.4 Å². The van der Waals surface area contributed by atoms with Gasteiger partial charge in [0, 0.05) is 6.07 Å². The lowest BCUT2D eigenvalue weighted by Gasteiger charge is -2.12. The van der Waals surface area contributed by atoms with E-state index < -0.39 is 12.4 Å². The largest absolute Gasteiger partial charge is 0.496 e. The number of ether oxygens (including phenoxy) is 2. The van der Waals surface area contributed by atoms with Gasteiger partial charge >= 0.3 is 5.97 Å². The second kappa shape index (κ2) is 6.81. The van der Waals surface area contributed by atoms with Crippen molar-refractivity contribution in [3.05, 3.63) is 21.0 Å². The molecular formula is C11H12F2INO3. The van der Waals surface area contributed by atoms with Crippen LogP contribution in [0.3, 0.4) is 0 Å². The molecule has 1 rings (SSSR count). The number of nitrogens with zero attached hydrogens (tertiary/aromatic N) is 1. The number of aromatic nitrogens is 1. The topological polar surface area (TPSA) is 48.4 Å². The molecule has 1 aromatic rings. The van der Waals surface area contributed by atoms with E-state index in [4.69, 9.17) is 9.47 Å². The minimum atomic E-state index is -2.76. The Morgan fingerprint density at radius 3 is 2.72 bits per heavy atom. The van der Waals surface area contributed by atoms with Crippen molar-refractivity contribution in [1.82, 2.24) is 4.98 Å². The van der Waals surface area contributed by atoms with Crippen molar-refractivity contribution in [2.24, 2.45) is 0 Å². The van der Waals surface area contributed by atoms with Gasteiger partial charge in [-0.3, -0.25) is 4.79 Å². The van der Waals surface area contributed by atoms with E-state index in [0.29, 0.717) is 3.70 Å². The number of alkyl halides is 2. The van der Waals surface area contributed by atoms with Crippen LogP contribution in [0.25, 0.3) is 0 Å². The molecule has 0 aliphatic rings. The van der Waals surface area contributed by atoms with Gasteiger partial charge in [0.2, 0.25) is 0 Å². The first-order chi connectivity index (χ1) is 8.49. The van der Waals surface area contributed by atoms with Crippen LogP contribution < -0.4 is 4.74 Å². The lowest BCUT2D eigenvalue weighted by molar-refractivity contribution is -0.142. The number of methoxy groups -OCH3 is 1. The molecule has 0 unspecified atom stereocenters. The number of rotatable bonds is 5. The minimum absolute atomic E-state index is 0.00722. The highest BCUT2D eigenvalue weighted by Crippen LogP contribution is 2.32. The van der Waals surface area contributed by atoms with Gasteiger partial charge in [-0.25, -0.2) is 13.8 Å². The minimum Gasteiger partial charge on any atom is -0.496 e. The predicted octanol–water partition coefficient (Wildman–Crippen LogP) is 2.74. The van der Waals surface area contributed by atoms with Crippen LogP contribution in [0, 0.1) is 3.70 Å². The number of esters is 1. The molecule has 0 saturated heterocycles. The van der Waals surface area contributed by atoms with E-state index in [9.17, 15) is 13.6 Å². The maximum atomic E-state index is 13.0. The van der Waals surface area contributed by atoms with Crippen molar-refractivity contribution in [3.63, 3.8) is 0 Å². The molecular weight excluding hydrogens is 359 g/mol. The number of hydrogen-bond donors (Lipinski definition) is 0. The molecule has 0 radical (unpaired) electrons. The highest BCUT2D eigenvalue weighted by molar-refractivity contribution is 14.1. The highest BCUT2D eigenvalue weighted by atomic mass is 127. The van der Waals surface area contributed by atoms with Crippen LogP contribution in [0.1, 0.15) is 24.6 Å². The van der Waals surface area contributed by atoms with E-state index in [2.05, 4.69) is 4.98 Å². The van der Waals surface area contributed by atoms with Crippen LogP contribution in [0.2, 0.25) is 0 Å². The first kappa shape index (κ1) is 15.1. The summed E-state index contributed by atoms with van der Waals surface area (Å²) in [7, 11) is 1.30. The van der Waals surface area contributed by atoms with Gasteiger partial charge in [-0.2, -0.15) is 0 Å². The van der Waals surface area contributed by atoms with Crippen molar-refractivity contribution in [2.45, 2.75) is 19.8 Å². The van der Waals surface area contributed by atoms with E-state index >= 15 is 0 Å². The third-order valence-electron chi connectivity index (χ3n) is 2.12. The van der Waals surface area contributed by atoms with Gasteiger partial charge in [-0.1, -0.05) is 0 Å². The second-order valence-electron chi connectivity index (χ2n) is 3.29. The predicted molar refractivity (Wildman–Crippen MR) is 68.8 cm³/mol. The third kappa shape index (κ3) is 3.76. The summed E-state index contributed by atoms with van der Waals surface area (Å²) in [5, 5.41) is 0. The Kier molecular flexibility index (Phi) is 5.70. The molecule has 0 aliphatic heterocycles. The molecule has 1 aromatic heterocycles. The van der Waals surface area contributed by atoms with Crippen molar-refractivity contribution in [3.8, 4) is 5.75 Å². The quantitative estimate of drug-likeness (QED) is 0.454. The molecule has 0 aromatic carbocycles. The Balaban J connectivity index is 3.15. The summed E-state index contributed by atoms with van der Waals surface area (Å²) in [4.78, 5) is 15.3. The summed E-state index contributed by atoms with van der Waals surface area (Å²) >= 11 is 1.87. The summed E-state index contributed by atoms with van der Waals surface area (Å²) in [5.41, 5.74) is -0.363. The Morgan fingerprint density at radius 2 is 2.22 bits per heavy atom. The van der Waals surface area contributed by atoms with Gasteiger partial charge in [0.1, 0.15) is 9.45 Å². The summed E-state index contributed by atoms with van der Waals surface area (Å²) in [6, 6.07) is 1.40. The summed E-state index contributed by atoms with van der Waals surface area (Å²) in [5.74, 6) is -0.556. The van der Waals surface area contributed by atoms with Crippen molar-refractivity contribution >= 4 is 28.6 Å². The van der Waals surface area contributed by atoms with Crippen LogP contribution in [0.15, 0.2) is 6.07 Å². The van der Waals surface area contributed by atoms with Gasteiger partial charge in [0.15, 0.2) is 0 Å². The van der Waals surface area contributed by atoms with Gasteiger partial charge < -0.3 is 9.47 Å². The van der Waals surface area contributed by atoms with Crippen LogP contribution in [0.4, 0.5) is 8.78 Å². The molecule has 4 nitrogen and oxygen atoms in total. The van der Waals surface area contributed by atoms with E-state index in [1.165, 1.54) is 13.2 Å². The molecule has 0 bridgehead atoms. The van der Waals surface area contributed by atoms with Crippen LogP contribution in [0.5, 0.6) is 5.75 Å². The highest BCUT2D eigenvalue weighted by Gasteiger charge is 2.23.